The Morgan fingerprint density at radius 3 is 2.94 bits per heavy atom. The monoisotopic (exact) mass is 267 g/mol. The van der Waals surface area contributed by atoms with Crippen molar-refractivity contribution in [2.45, 2.75) is 11.7 Å². The van der Waals surface area contributed by atoms with Gasteiger partial charge in [0, 0.05) is 16.6 Å². The van der Waals surface area contributed by atoms with Gasteiger partial charge in [0.05, 0.1) is 5.52 Å². The smallest absolute Gasteiger partial charge is 0.316 e. The second-order valence-electron chi connectivity index (χ2n) is 3.66. The number of hydrogen-bond donors (Lipinski definition) is 2. The van der Waals surface area contributed by atoms with Crippen LogP contribution in [-0.2, 0) is 11.2 Å². The summed E-state index contributed by atoms with van der Waals surface area (Å²) in [5, 5.41) is 9.56. The Balaban J connectivity index is 2.48. The molecule has 1 unspecified atom stereocenters. The van der Waals surface area contributed by atoms with Crippen molar-refractivity contribution in [3.63, 3.8) is 0 Å². The van der Waals surface area contributed by atoms with Crippen molar-refractivity contribution in [3.8, 4) is 0 Å². The molecule has 1 aromatic carbocycles. The fraction of sp³-hybridized carbons (Fsp3) is 0.167. The highest BCUT2D eigenvalue weighted by atomic mass is 35.5. The third-order valence-corrected chi connectivity index (χ3v) is 3.23. The highest BCUT2D eigenvalue weighted by Gasteiger charge is 2.15. The van der Waals surface area contributed by atoms with Crippen molar-refractivity contribution in [3.05, 3.63) is 41.0 Å². The van der Waals surface area contributed by atoms with Crippen LogP contribution in [-0.4, -0.2) is 21.3 Å². The van der Waals surface area contributed by atoms with Crippen LogP contribution in [0.5, 0.6) is 0 Å². The van der Waals surface area contributed by atoms with Gasteiger partial charge >= 0.3 is 5.97 Å². The lowest BCUT2D eigenvalue weighted by Gasteiger charge is -2.09. The summed E-state index contributed by atoms with van der Waals surface area (Å²) in [6.07, 6.45) is 1.99. The Kier molecular flexibility index (Phi) is 3.54. The minimum Gasteiger partial charge on any atom is -0.480 e. The Labute approximate surface area is 109 Å². The molecular weight excluding hydrogens is 258 g/mol. The third-order valence-electron chi connectivity index (χ3n) is 2.50. The number of rotatable bonds is 3. The molecule has 2 rings (SSSR count). The van der Waals surface area contributed by atoms with Gasteiger partial charge in [-0.1, -0.05) is 17.7 Å². The number of carbonyl (C=O) groups is 1. The zero-order valence-electron chi connectivity index (χ0n) is 8.80. The van der Waals surface area contributed by atoms with Crippen molar-refractivity contribution >= 4 is 41.1 Å². The molecule has 0 aliphatic carbocycles. The topological polar surface area (TPSA) is 50.2 Å². The maximum absolute atomic E-state index is 10.8. The summed E-state index contributed by atoms with van der Waals surface area (Å²) in [5.41, 5.74) is 1.58. The molecule has 88 valence electrons. The summed E-state index contributed by atoms with van der Waals surface area (Å²) in [6.45, 7) is 0. The number of nitrogens with zero attached hydrogens (tertiary/aromatic N) is 1. The highest BCUT2D eigenvalue weighted by Crippen LogP contribution is 2.26. The molecule has 0 saturated heterocycles. The van der Waals surface area contributed by atoms with Crippen LogP contribution in [0.1, 0.15) is 5.56 Å². The maximum Gasteiger partial charge on any atom is 0.316 e. The first-order valence-corrected chi connectivity index (χ1v) is 5.92. The summed E-state index contributed by atoms with van der Waals surface area (Å²) in [5.74, 6) is -0.938. The molecule has 1 atom stereocenters. The number of pyridine rings is 1. The van der Waals surface area contributed by atoms with E-state index in [0.717, 1.165) is 16.5 Å². The van der Waals surface area contributed by atoms with Gasteiger partial charge in [0.2, 0.25) is 0 Å². The standard InChI is InChI=1S/C12H10ClNO2S/c13-9-4-3-7(6-10(17)12(15)16)11-8(9)2-1-5-14-11/h1-5,10,17H,6H2,(H,15,16). The average Bonchev–Trinajstić information content (AvgIpc) is 2.33. The van der Waals surface area contributed by atoms with Gasteiger partial charge in [0.15, 0.2) is 0 Å². The van der Waals surface area contributed by atoms with Crippen molar-refractivity contribution in [1.82, 2.24) is 4.98 Å². The largest absolute Gasteiger partial charge is 0.480 e. The number of benzene rings is 1. The van der Waals surface area contributed by atoms with E-state index in [4.69, 9.17) is 16.7 Å². The Hall–Kier alpha value is -1.26. The molecule has 1 N–H and O–H groups in total. The van der Waals surface area contributed by atoms with Crippen LogP contribution in [0.25, 0.3) is 10.9 Å². The number of fused-ring (bicyclic) bond motifs is 1. The lowest BCUT2D eigenvalue weighted by molar-refractivity contribution is -0.136. The number of aromatic nitrogens is 1. The molecule has 0 spiro atoms. The normalized spacial score (nSPS) is 12.6. The lowest BCUT2D eigenvalue weighted by atomic mass is 10.1. The molecule has 0 radical (unpaired) electrons. The third kappa shape index (κ3) is 2.53. The minimum atomic E-state index is -0.938. The minimum absolute atomic E-state index is 0.323. The molecule has 0 amide bonds. The van der Waals surface area contributed by atoms with Crippen molar-refractivity contribution in [2.75, 3.05) is 0 Å². The number of thiol groups is 1. The van der Waals surface area contributed by atoms with Gasteiger partial charge in [-0.25, -0.2) is 0 Å². The van der Waals surface area contributed by atoms with Crippen molar-refractivity contribution in [2.24, 2.45) is 0 Å². The molecule has 0 saturated carbocycles. The van der Waals surface area contributed by atoms with Crippen LogP contribution in [0.2, 0.25) is 5.02 Å². The summed E-state index contributed by atoms with van der Waals surface area (Å²) < 4.78 is 0. The molecule has 0 bridgehead atoms. The van der Waals surface area contributed by atoms with E-state index in [9.17, 15) is 4.79 Å². The van der Waals surface area contributed by atoms with E-state index in [0.29, 0.717) is 11.4 Å². The molecule has 0 aliphatic rings. The number of carboxylic acid groups (broad SMARTS) is 1. The second-order valence-corrected chi connectivity index (χ2v) is 4.69. The van der Waals surface area contributed by atoms with E-state index in [1.807, 2.05) is 6.07 Å². The Morgan fingerprint density at radius 1 is 1.47 bits per heavy atom. The zero-order chi connectivity index (χ0) is 12.4. The van der Waals surface area contributed by atoms with Gasteiger partial charge in [0.25, 0.3) is 0 Å². The van der Waals surface area contributed by atoms with Crippen molar-refractivity contribution in [1.29, 1.82) is 0 Å². The molecule has 1 aromatic heterocycles. The van der Waals surface area contributed by atoms with E-state index in [-0.39, 0.29) is 0 Å². The predicted molar refractivity (Wildman–Crippen MR) is 70.9 cm³/mol. The highest BCUT2D eigenvalue weighted by molar-refractivity contribution is 7.81. The number of halogens is 1. The number of hydrogen-bond acceptors (Lipinski definition) is 3. The SMILES string of the molecule is O=C(O)C(S)Cc1ccc(Cl)c2cccnc12. The number of carboxylic acids is 1. The van der Waals surface area contributed by atoms with Gasteiger partial charge in [-0.3, -0.25) is 9.78 Å². The predicted octanol–water partition coefficient (Wildman–Crippen LogP) is 2.81. The van der Waals surface area contributed by atoms with Crippen LogP contribution >= 0.6 is 24.2 Å². The number of aliphatic carboxylic acids is 1. The summed E-state index contributed by atoms with van der Waals surface area (Å²) in [4.78, 5) is 15.0. The molecule has 0 fully saturated rings. The molecule has 2 aromatic rings. The molecule has 1 heterocycles. The van der Waals surface area contributed by atoms with Gasteiger partial charge < -0.3 is 5.11 Å². The van der Waals surface area contributed by atoms with Gasteiger partial charge in [-0.05, 0) is 30.2 Å². The van der Waals surface area contributed by atoms with Crippen LogP contribution in [0.3, 0.4) is 0 Å². The molecule has 5 heteroatoms. The lowest BCUT2D eigenvalue weighted by Crippen LogP contribution is -2.16. The van der Waals surface area contributed by atoms with E-state index >= 15 is 0 Å². The maximum atomic E-state index is 10.8. The Bertz CT molecular complexity index is 573. The second kappa shape index (κ2) is 4.94. The fourth-order valence-electron chi connectivity index (χ4n) is 1.66. The van der Waals surface area contributed by atoms with Gasteiger partial charge in [-0.2, -0.15) is 12.6 Å². The van der Waals surface area contributed by atoms with Crippen molar-refractivity contribution < 1.29 is 9.90 Å². The molecule has 3 nitrogen and oxygen atoms in total. The van der Waals surface area contributed by atoms with Crippen LogP contribution < -0.4 is 0 Å². The quantitative estimate of drug-likeness (QED) is 0.841. The van der Waals surface area contributed by atoms with E-state index in [1.165, 1.54) is 0 Å². The van der Waals surface area contributed by atoms with E-state index in [1.54, 1.807) is 24.4 Å². The molecule has 0 aliphatic heterocycles. The first-order chi connectivity index (χ1) is 8.09. The molecular formula is C12H10ClNO2S. The zero-order valence-corrected chi connectivity index (χ0v) is 10.4. The van der Waals surface area contributed by atoms with Crippen LogP contribution in [0.15, 0.2) is 30.5 Å². The summed E-state index contributed by atoms with van der Waals surface area (Å²) in [6, 6.07) is 7.21. The van der Waals surface area contributed by atoms with E-state index in [2.05, 4.69) is 17.6 Å². The first-order valence-electron chi connectivity index (χ1n) is 5.02. The first kappa shape index (κ1) is 12.2. The van der Waals surface area contributed by atoms with Gasteiger partial charge in [-0.15, -0.1) is 0 Å². The average molecular weight is 268 g/mol. The Morgan fingerprint density at radius 2 is 2.24 bits per heavy atom. The van der Waals surface area contributed by atoms with E-state index < -0.39 is 11.2 Å². The fourth-order valence-corrected chi connectivity index (χ4v) is 2.07. The summed E-state index contributed by atoms with van der Waals surface area (Å²) in [7, 11) is 0. The molecule has 17 heavy (non-hydrogen) atoms. The summed E-state index contributed by atoms with van der Waals surface area (Å²) >= 11 is 10.1. The van der Waals surface area contributed by atoms with Crippen LogP contribution in [0.4, 0.5) is 0 Å². The van der Waals surface area contributed by atoms with Crippen LogP contribution in [0, 0.1) is 0 Å². The van der Waals surface area contributed by atoms with Gasteiger partial charge in [0.1, 0.15) is 5.25 Å².